The predicted octanol–water partition coefficient (Wildman–Crippen LogP) is 0.881. The fraction of sp³-hybridized carbons (Fsp3) is 0.375. The highest BCUT2D eigenvalue weighted by Crippen LogP contribution is 2.15. The van der Waals surface area contributed by atoms with Gasteiger partial charge in [-0.2, -0.15) is 5.10 Å². The van der Waals surface area contributed by atoms with E-state index in [0.717, 1.165) is 25.9 Å². The van der Waals surface area contributed by atoms with E-state index in [2.05, 4.69) is 37.8 Å². The van der Waals surface area contributed by atoms with Gasteiger partial charge in [-0.15, -0.1) is 0 Å². The van der Waals surface area contributed by atoms with E-state index in [9.17, 15) is 9.59 Å². The Morgan fingerprint density at radius 3 is 2.79 bits per heavy atom. The van der Waals surface area contributed by atoms with E-state index in [0.29, 0.717) is 11.3 Å². The minimum absolute atomic E-state index is 0.132. The quantitative estimate of drug-likeness (QED) is 0.773. The summed E-state index contributed by atoms with van der Waals surface area (Å²) in [7, 11) is 2.07. The molecule has 3 rings (SSSR count). The van der Waals surface area contributed by atoms with Gasteiger partial charge in [-0.1, -0.05) is 0 Å². The van der Waals surface area contributed by atoms with E-state index >= 15 is 0 Å². The third kappa shape index (κ3) is 3.77. The SMILES string of the molecule is CN1CCC(NC(=O)c2n[nH]cc2NC(=O)c2cccnc2)CC1. The summed E-state index contributed by atoms with van der Waals surface area (Å²) in [6, 6.07) is 3.46. The van der Waals surface area contributed by atoms with Crippen LogP contribution in [0.5, 0.6) is 0 Å². The normalized spacial score (nSPS) is 15.9. The summed E-state index contributed by atoms with van der Waals surface area (Å²) in [4.78, 5) is 30.7. The van der Waals surface area contributed by atoms with E-state index in [1.54, 1.807) is 18.3 Å². The van der Waals surface area contributed by atoms with Crippen molar-refractivity contribution in [3.8, 4) is 0 Å². The molecule has 0 aliphatic carbocycles. The maximum Gasteiger partial charge on any atom is 0.274 e. The van der Waals surface area contributed by atoms with Crippen LogP contribution in [-0.2, 0) is 0 Å². The fourth-order valence-electron chi connectivity index (χ4n) is 2.66. The van der Waals surface area contributed by atoms with Gasteiger partial charge in [0.1, 0.15) is 0 Å². The summed E-state index contributed by atoms with van der Waals surface area (Å²) < 4.78 is 0. The number of carbonyl (C=O) groups excluding carboxylic acids is 2. The molecule has 1 saturated heterocycles. The van der Waals surface area contributed by atoms with Crippen LogP contribution in [0, 0.1) is 0 Å². The second-order valence-corrected chi connectivity index (χ2v) is 5.89. The van der Waals surface area contributed by atoms with E-state index < -0.39 is 0 Å². The average molecular weight is 328 g/mol. The zero-order valence-corrected chi connectivity index (χ0v) is 13.5. The maximum atomic E-state index is 12.4. The number of carbonyl (C=O) groups is 2. The molecule has 3 heterocycles. The molecule has 0 unspecified atom stereocenters. The number of rotatable bonds is 4. The number of piperidine rings is 1. The largest absolute Gasteiger partial charge is 0.348 e. The number of H-pyrrole nitrogens is 1. The predicted molar refractivity (Wildman–Crippen MR) is 88.8 cm³/mol. The van der Waals surface area contributed by atoms with Crippen molar-refractivity contribution in [1.29, 1.82) is 0 Å². The molecule has 126 valence electrons. The van der Waals surface area contributed by atoms with Crippen LogP contribution in [0.2, 0.25) is 0 Å². The van der Waals surface area contributed by atoms with Crippen LogP contribution in [0.25, 0.3) is 0 Å². The third-order valence-corrected chi connectivity index (χ3v) is 4.08. The maximum absolute atomic E-state index is 12.4. The molecule has 24 heavy (non-hydrogen) atoms. The van der Waals surface area contributed by atoms with Crippen LogP contribution < -0.4 is 10.6 Å². The standard InChI is InChI=1S/C16H20N6O2/c1-22-7-4-12(5-8-22)19-16(24)14-13(10-18-21-14)20-15(23)11-3-2-6-17-9-11/h2-3,6,9-10,12H,4-5,7-8H2,1H3,(H,18,21)(H,19,24)(H,20,23). The van der Waals surface area contributed by atoms with Crippen LogP contribution in [-0.4, -0.2) is 58.1 Å². The molecule has 8 heteroatoms. The zero-order valence-electron chi connectivity index (χ0n) is 13.5. The lowest BCUT2D eigenvalue weighted by Crippen LogP contribution is -2.43. The van der Waals surface area contributed by atoms with Crippen molar-refractivity contribution < 1.29 is 9.59 Å². The minimum Gasteiger partial charge on any atom is -0.348 e. The first-order valence-electron chi connectivity index (χ1n) is 7.88. The highest BCUT2D eigenvalue weighted by atomic mass is 16.2. The summed E-state index contributed by atoms with van der Waals surface area (Å²) in [5.41, 5.74) is 0.959. The summed E-state index contributed by atoms with van der Waals surface area (Å²) >= 11 is 0. The molecule has 1 aliphatic rings. The first-order valence-corrected chi connectivity index (χ1v) is 7.88. The van der Waals surface area contributed by atoms with Crippen LogP contribution in [0.3, 0.4) is 0 Å². The molecule has 8 nitrogen and oxygen atoms in total. The van der Waals surface area contributed by atoms with Crippen molar-refractivity contribution >= 4 is 17.5 Å². The number of pyridine rings is 1. The Labute approximate surface area is 139 Å². The Morgan fingerprint density at radius 2 is 2.08 bits per heavy atom. The Kier molecular flexibility index (Phi) is 4.85. The molecule has 1 fully saturated rings. The highest BCUT2D eigenvalue weighted by molar-refractivity contribution is 6.08. The minimum atomic E-state index is -0.335. The van der Waals surface area contributed by atoms with Crippen molar-refractivity contribution in [2.75, 3.05) is 25.5 Å². The van der Waals surface area contributed by atoms with Crippen LogP contribution in [0.1, 0.15) is 33.7 Å². The van der Waals surface area contributed by atoms with E-state index in [1.165, 1.54) is 12.4 Å². The monoisotopic (exact) mass is 328 g/mol. The number of anilines is 1. The summed E-state index contributed by atoms with van der Waals surface area (Å²) in [6.45, 7) is 1.91. The number of nitrogens with one attached hydrogen (secondary N) is 3. The van der Waals surface area contributed by atoms with E-state index in [-0.39, 0.29) is 23.6 Å². The molecule has 1 aliphatic heterocycles. The van der Waals surface area contributed by atoms with Crippen LogP contribution in [0.4, 0.5) is 5.69 Å². The van der Waals surface area contributed by atoms with Gasteiger partial charge < -0.3 is 15.5 Å². The molecule has 0 atom stereocenters. The lowest BCUT2D eigenvalue weighted by Gasteiger charge is -2.29. The molecular formula is C16H20N6O2. The first kappa shape index (κ1) is 16.1. The van der Waals surface area contributed by atoms with Gasteiger partial charge in [0.25, 0.3) is 11.8 Å². The number of nitrogens with zero attached hydrogens (tertiary/aromatic N) is 3. The molecule has 0 aromatic carbocycles. The molecule has 3 N–H and O–H groups in total. The number of aromatic amines is 1. The topological polar surface area (TPSA) is 103 Å². The molecule has 2 amide bonds. The van der Waals surface area contributed by atoms with E-state index in [1.807, 2.05) is 0 Å². The van der Waals surface area contributed by atoms with Gasteiger partial charge >= 0.3 is 0 Å². The number of hydrogen-bond acceptors (Lipinski definition) is 5. The van der Waals surface area contributed by atoms with Crippen molar-refractivity contribution in [3.05, 3.63) is 42.0 Å². The van der Waals surface area contributed by atoms with Crippen LogP contribution >= 0.6 is 0 Å². The molecule has 0 saturated carbocycles. The van der Waals surface area contributed by atoms with Gasteiger partial charge in [-0.05, 0) is 45.1 Å². The van der Waals surface area contributed by atoms with Gasteiger partial charge in [0.2, 0.25) is 0 Å². The molecule has 2 aromatic rings. The van der Waals surface area contributed by atoms with Crippen LogP contribution in [0.15, 0.2) is 30.7 Å². The van der Waals surface area contributed by atoms with Gasteiger partial charge in [0.05, 0.1) is 11.3 Å². The Morgan fingerprint density at radius 1 is 1.29 bits per heavy atom. The summed E-state index contributed by atoms with van der Waals surface area (Å²) in [6.07, 6.45) is 6.37. The Balaban J connectivity index is 1.64. The third-order valence-electron chi connectivity index (χ3n) is 4.08. The van der Waals surface area contributed by atoms with E-state index in [4.69, 9.17) is 0 Å². The van der Waals surface area contributed by atoms with Crippen molar-refractivity contribution in [2.45, 2.75) is 18.9 Å². The second kappa shape index (κ2) is 7.22. The molecular weight excluding hydrogens is 308 g/mol. The van der Waals surface area contributed by atoms with Crippen molar-refractivity contribution in [1.82, 2.24) is 25.4 Å². The molecule has 0 bridgehead atoms. The van der Waals surface area contributed by atoms with Gasteiger partial charge in [-0.25, -0.2) is 0 Å². The number of aromatic nitrogens is 3. The molecule has 0 radical (unpaired) electrons. The number of amides is 2. The summed E-state index contributed by atoms with van der Waals surface area (Å²) in [5.74, 6) is -0.620. The Bertz CT molecular complexity index is 706. The van der Waals surface area contributed by atoms with Crippen molar-refractivity contribution in [3.63, 3.8) is 0 Å². The number of likely N-dealkylation sites (tertiary alicyclic amines) is 1. The lowest BCUT2D eigenvalue weighted by atomic mass is 10.1. The van der Waals surface area contributed by atoms with Gasteiger partial charge in [0, 0.05) is 24.6 Å². The lowest BCUT2D eigenvalue weighted by molar-refractivity contribution is 0.0912. The fourth-order valence-corrected chi connectivity index (χ4v) is 2.66. The van der Waals surface area contributed by atoms with Gasteiger partial charge in [-0.3, -0.25) is 19.7 Å². The number of hydrogen-bond donors (Lipinski definition) is 3. The highest BCUT2D eigenvalue weighted by Gasteiger charge is 2.22. The molecule has 0 spiro atoms. The smallest absolute Gasteiger partial charge is 0.274 e. The van der Waals surface area contributed by atoms with Crippen molar-refractivity contribution in [2.24, 2.45) is 0 Å². The summed E-state index contributed by atoms with van der Waals surface area (Å²) in [5, 5.41) is 12.3. The molecule has 2 aromatic heterocycles. The van der Waals surface area contributed by atoms with Gasteiger partial charge in [0.15, 0.2) is 5.69 Å². The average Bonchev–Trinajstić information content (AvgIpc) is 3.06. The second-order valence-electron chi connectivity index (χ2n) is 5.89. The first-order chi connectivity index (χ1) is 11.6. The zero-order chi connectivity index (χ0) is 16.9. The Hall–Kier alpha value is -2.74.